The van der Waals surface area contributed by atoms with Crippen LogP contribution in [0.5, 0.6) is 0 Å². The first-order valence-corrected chi connectivity index (χ1v) is 8.34. The van der Waals surface area contributed by atoms with Gasteiger partial charge in [0.1, 0.15) is 5.82 Å². The first-order valence-electron chi connectivity index (χ1n) is 8.34. The average Bonchev–Trinajstić information content (AvgIpc) is 2.86. The second kappa shape index (κ2) is 6.96. The van der Waals surface area contributed by atoms with Gasteiger partial charge in [0, 0.05) is 45.7 Å². The van der Waals surface area contributed by atoms with Crippen molar-refractivity contribution >= 4 is 5.96 Å². The Morgan fingerprint density at radius 3 is 2.95 bits per heavy atom. The molecule has 0 saturated heterocycles. The molecule has 5 nitrogen and oxygen atoms in total. The van der Waals surface area contributed by atoms with Crippen LogP contribution in [0.4, 0.5) is 0 Å². The predicted octanol–water partition coefficient (Wildman–Crippen LogP) is 1.73. The zero-order valence-corrected chi connectivity index (χ0v) is 13.1. The maximum Gasteiger partial charge on any atom is 0.190 e. The van der Waals surface area contributed by atoms with E-state index in [1.54, 1.807) is 0 Å². The van der Waals surface area contributed by atoms with Crippen LogP contribution in [0.1, 0.15) is 43.6 Å². The molecule has 1 aromatic heterocycles. The van der Waals surface area contributed by atoms with Gasteiger partial charge in [0.05, 0.1) is 5.69 Å². The Kier molecular flexibility index (Phi) is 4.78. The third-order valence-corrected chi connectivity index (χ3v) is 4.64. The Bertz CT molecular complexity index is 463. The van der Waals surface area contributed by atoms with Gasteiger partial charge in [-0.3, -0.25) is 4.99 Å². The van der Waals surface area contributed by atoms with E-state index in [1.165, 1.54) is 43.6 Å². The molecule has 1 saturated carbocycles. The summed E-state index contributed by atoms with van der Waals surface area (Å²) < 4.78 is 2.32. The minimum atomic E-state index is 0.850. The molecule has 1 aliphatic heterocycles. The van der Waals surface area contributed by atoms with Crippen LogP contribution in [-0.2, 0) is 19.4 Å². The second-order valence-electron chi connectivity index (χ2n) is 6.23. The molecule has 1 aliphatic carbocycles. The van der Waals surface area contributed by atoms with E-state index >= 15 is 0 Å². The van der Waals surface area contributed by atoms with Gasteiger partial charge in [-0.05, 0) is 31.6 Å². The number of hydrogen-bond donors (Lipinski definition) is 2. The highest BCUT2D eigenvalue weighted by Gasteiger charge is 2.17. The first kappa shape index (κ1) is 14.4. The van der Waals surface area contributed by atoms with Gasteiger partial charge >= 0.3 is 0 Å². The minimum Gasteiger partial charge on any atom is -0.356 e. The summed E-state index contributed by atoms with van der Waals surface area (Å²) in [6, 6.07) is 0. The van der Waals surface area contributed by atoms with E-state index in [9.17, 15) is 0 Å². The normalized spacial score (nSPS) is 19.0. The monoisotopic (exact) mass is 289 g/mol. The predicted molar refractivity (Wildman–Crippen MR) is 85.6 cm³/mol. The van der Waals surface area contributed by atoms with Crippen molar-refractivity contribution in [1.29, 1.82) is 0 Å². The lowest BCUT2D eigenvalue weighted by atomic mass is 9.85. The fourth-order valence-electron chi connectivity index (χ4n) is 3.06. The topological polar surface area (TPSA) is 54.2 Å². The van der Waals surface area contributed by atoms with E-state index in [2.05, 4.69) is 26.4 Å². The Balaban J connectivity index is 1.40. The van der Waals surface area contributed by atoms with Crippen molar-refractivity contribution in [2.45, 2.75) is 51.5 Å². The minimum absolute atomic E-state index is 0.850. The Labute approximate surface area is 127 Å². The third-order valence-electron chi connectivity index (χ3n) is 4.64. The van der Waals surface area contributed by atoms with E-state index in [-0.39, 0.29) is 0 Å². The number of aliphatic imine (C=N–C) groups is 1. The van der Waals surface area contributed by atoms with Gasteiger partial charge in [0.25, 0.3) is 0 Å². The average molecular weight is 289 g/mol. The van der Waals surface area contributed by atoms with Gasteiger partial charge in [0.15, 0.2) is 5.96 Å². The summed E-state index contributed by atoms with van der Waals surface area (Å²) in [6.07, 6.45) is 11.0. The Morgan fingerprint density at radius 2 is 2.24 bits per heavy atom. The molecule has 3 rings (SSSR count). The second-order valence-corrected chi connectivity index (χ2v) is 6.23. The molecule has 0 amide bonds. The van der Waals surface area contributed by atoms with Crippen LogP contribution < -0.4 is 10.6 Å². The van der Waals surface area contributed by atoms with Crippen molar-refractivity contribution in [3.05, 3.63) is 17.7 Å². The summed E-state index contributed by atoms with van der Waals surface area (Å²) in [7, 11) is 1.84. The molecule has 0 spiro atoms. The van der Waals surface area contributed by atoms with Crippen molar-refractivity contribution in [2.24, 2.45) is 10.9 Å². The number of rotatable bonds is 5. The van der Waals surface area contributed by atoms with Crippen molar-refractivity contribution in [3.63, 3.8) is 0 Å². The van der Waals surface area contributed by atoms with Gasteiger partial charge in [-0.2, -0.15) is 0 Å². The fraction of sp³-hybridized carbons (Fsp3) is 0.750. The zero-order chi connectivity index (χ0) is 14.5. The molecule has 2 heterocycles. The first-order chi connectivity index (χ1) is 10.3. The standard InChI is InChI=1S/C16H27N5/c1-17-16(19-11-13-5-4-6-13)18-9-8-14-12-21-10-3-2-7-15(21)20-14/h12-13H,2-11H2,1H3,(H2,17,18,19). The smallest absolute Gasteiger partial charge is 0.190 e. The van der Waals surface area contributed by atoms with E-state index < -0.39 is 0 Å². The molecule has 1 aromatic rings. The van der Waals surface area contributed by atoms with Gasteiger partial charge < -0.3 is 15.2 Å². The maximum absolute atomic E-state index is 4.73. The summed E-state index contributed by atoms with van der Waals surface area (Å²) in [4.78, 5) is 9.02. The molecule has 0 atom stereocenters. The molecule has 21 heavy (non-hydrogen) atoms. The molecule has 2 aliphatic rings. The number of fused-ring (bicyclic) bond motifs is 1. The third kappa shape index (κ3) is 3.77. The van der Waals surface area contributed by atoms with E-state index in [4.69, 9.17) is 4.98 Å². The van der Waals surface area contributed by atoms with Gasteiger partial charge in [0.2, 0.25) is 0 Å². The Morgan fingerprint density at radius 1 is 1.33 bits per heavy atom. The molecular weight excluding hydrogens is 262 g/mol. The number of guanidine groups is 1. The van der Waals surface area contributed by atoms with E-state index in [0.29, 0.717) is 0 Å². The molecule has 1 fully saturated rings. The maximum atomic E-state index is 4.73. The van der Waals surface area contributed by atoms with Crippen LogP contribution in [0.2, 0.25) is 0 Å². The number of nitrogens with zero attached hydrogens (tertiary/aromatic N) is 3. The van der Waals surface area contributed by atoms with Gasteiger partial charge in [-0.15, -0.1) is 0 Å². The Hall–Kier alpha value is -1.52. The molecule has 0 bridgehead atoms. The van der Waals surface area contributed by atoms with Crippen molar-refractivity contribution in [2.75, 3.05) is 20.1 Å². The van der Waals surface area contributed by atoms with Crippen LogP contribution in [0.3, 0.4) is 0 Å². The highest BCUT2D eigenvalue weighted by atomic mass is 15.2. The van der Waals surface area contributed by atoms with Gasteiger partial charge in [-0.1, -0.05) is 6.42 Å². The summed E-state index contributed by atoms with van der Waals surface area (Å²) >= 11 is 0. The number of aromatic nitrogens is 2. The molecule has 0 aromatic carbocycles. The van der Waals surface area contributed by atoms with E-state index in [1.807, 2.05) is 7.05 Å². The number of hydrogen-bond acceptors (Lipinski definition) is 2. The summed E-state index contributed by atoms with van der Waals surface area (Å²) in [5.41, 5.74) is 1.20. The van der Waals surface area contributed by atoms with Crippen LogP contribution >= 0.6 is 0 Å². The summed E-state index contributed by atoms with van der Waals surface area (Å²) in [5, 5.41) is 6.81. The quantitative estimate of drug-likeness (QED) is 0.641. The largest absolute Gasteiger partial charge is 0.356 e. The van der Waals surface area contributed by atoms with Crippen LogP contribution in [0, 0.1) is 5.92 Å². The lowest BCUT2D eigenvalue weighted by Gasteiger charge is -2.26. The van der Waals surface area contributed by atoms with Crippen LogP contribution in [0.15, 0.2) is 11.2 Å². The lowest BCUT2D eigenvalue weighted by Crippen LogP contribution is -2.41. The molecule has 116 valence electrons. The van der Waals surface area contributed by atoms with Crippen molar-refractivity contribution in [1.82, 2.24) is 20.2 Å². The van der Waals surface area contributed by atoms with Gasteiger partial charge in [-0.25, -0.2) is 4.98 Å². The lowest BCUT2D eigenvalue weighted by molar-refractivity contribution is 0.314. The van der Waals surface area contributed by atoms with E-state index in [0.717, 1.165) is 44.4 Å². The SMILES string of the molecule is CN=C(NCCc1cn2c(n1)CCCC2)NCC1CCC1. The summed E-state index contributed by atoms with van der Waals surface area (Å²) in [6.45, 7) is 3.08. The molecule has 5 heteroatoms. The van der Waals surface area contributed by atoms with Crippen molar-refractivity contribution in [3.8, 4) is 0 Å². The van der Waals surface area contributed by atoms with Crippen LogP contribution in [-0.4, -0.2) is 35.6 Å². The molecular formula is C16H27N5. The number of nitrogens with one attached hydrogen (secondary N) is 2. The number of imidazole rings is 1. The highest BCUT2D eigenvalue weighted by Crippen LogP contribution is 2.25. The zero-order valence-electron chi connectivity index (χ0n) is 13.1. The molecule has 0 unspecified atom stereocenters. The summed E-state index contributed by atoms with van der Waals surface area (Å²) in [5.74, 6) is 3.04. The van der Waals surface area contributed by atoms with Crippen molar-refractivity contribution < 1.29 is 0 Å². The number of aryl methyl sites for hydroxylation is 2. The highest BCUT2D eigenvalue weighted by molar-refractivity contribution is 5.79. The fourth-order valence-corrected chi connectivity index (χ4v) is 3.06. The van der Waals surface area contributed by atoms with Crippen LogP contribution in [0.25, 0.3) is 0 Å². The molecule has 2 N–H and O–H groups in total. The molecule has 0 radical (unpaired) electrons.